The molecular weight excluding hydrogens is 338 g/mol. The van der Waals surface area contributed by atoms with Crippen LogP contribution < -0.4 is 4.74 Å². The maximum absolute atomic E-state index is 11.8. The molecule has 1 aliphatic rings. The highest BCUT2D eigenvalue weighted by molar-refractivity contribution is 5.78. The third-order valence-corrected chi connectivity index (χ3v) is 5.42. The van der Waals surface area contributed by atoms with Crippen molar-refractivity contribution >= 4 is 16.9 Å². The number of benzene rings is 2. The van der Waals surface area contributed by atoms with Crippen molar-refractivity contribution in [2.75, 3.05) is 0 Å². The van der Waals surface area contributed by atoms with Crippen molar-refractivity contribution in [3.8, 4) is 5.75 Å². The second-order valence-electron chi connectivity index (χ2n) is 7.21. The summed E-state index contributed by atoms with van der Waals surface area (Å²) in [5.74, 6) is -0.167. The summed E-state index contributed by atoms with van der Waals surface area (Å²) >= 11 is 0. The lowest BCUT2D eigenvalue weighted by Gasteiger charge is -2.19. The number of aliphatic carboxylic acids is 1. The number of fused-ring (bicyclic) bond motifs is 1. The number of hydrogen-bond donors (Lipinski definition) is 1. The van der Waals surface area contributed by atoms with Gasteiger partial charge >= 0.3 is 5.97 Å². The second kappa shape index (κ2) is 7.78. The topological polar surface area (TPSA) is 59.4 Å². The van der Waals surface area contributed by atoms with Crippen molar-refractivity contribution in [1.82, 2.24) is 4.98 Å². The van der Waals surface area contributed by atoms with Crippen LogP contribution in [0, 0.1) is 5.92 Å². The van der Waals surface area contributed by atoms with E-state index in [1.54, 1.807) is 0 Å². The lowest BCUT2D eigenvalue weighted by atomic mass is 9.85. The summed E-state index contributed by atoms with van der Waals surface area (Å²) < 4.78 is 5.85. The number of carboxylic acid groups (broad SMARTS) is 1. The fourth-order valence-corrected chi connectivity index (χ4v) is 4.02. The molecule has 1 aliphatic carbocycles. The van der Waals surface area contributed by atoms with Crippen LogP contribution in [-0.2, 0) is 11.4 Å². The predicted octanol–water partition coefficient (Wildman–Crippen LogP) is 5.17. The molecule has 1 atom stereocenters. The first kappa shape index (κ1) is 17.5. The van der Waals surface area contributed by atoms with Gasteiger partial charge in [-0.25, -0.2) is 4.98 Å². The number of pyridine rings is 1. The lowest BCUT2D eigenvalue weighted by molar-refractivity contribution is -0.140. The van der Waals surface area contributed by atoms with E-state index in [0.717, 1.165) is 53.6 Å². The van der Waals surface area contributed by atoms with E-state index in [9.17, 15) is 9.90 Å². The van der Waals surface area contributed by atoms with Gasteiger partial charge in [0, 0.05) is 5.39 Å². The Morgan fingerprint density at radius 1 is 1.04 bits per heavy atom. The summed E-state index contributed by atoms with van der Waals surface area (Å²) in [6.45, 7) is 0.384. The van der Waals surface area contributed by atoms with E-state index in [4.69, 9.17) is 4.74 Å². The molecule has 1 N–H and O–H groups in total. The van der Waals surface area contributed by atoms with E-state index in [1.807, 2.05) is 60.7 Å². The highest BCUT2D eigenvalue weighted by Crippen LogP contribution is 2.38. The van der Waals surface area contributed by atoms with E-state index >= 15 is 0 Å². The van der Waals surface area contributed by atoms with Crippen LogP contribution in [0.3, 0.4) is 0 Å². The summed E-state index contributed by atoms with van der Waals surface area (Å²) in [6.07, 6.45) is 4.27. The Balaban J connectivity index is 1.44. The molecule has 27 heavy (non-hydrogen) atoms. The number of carboxylic acids is 1. The number of rotatable bonds is 6. The molecule has 0 saturated heterocycles. The maximum atomic E-state index is 11.8. The Morgan fingerprint density at radius 3 is 2.52 bits per heavy atom. The monoisotopic (exact) mass is 361 g/mol. The molecule has 4 heteroatoms. The fraction of sp³-hybridized carbons (Fsp3) is 0.304. The van der Waals surface area contributed by atoms with Crippen molar-refractivity contribution in [3.05, 3.63) is 71.9 Å². The van der Waals surface area contributed by atoms with Gasteiger partial charge in [0.1, 0.15) is 12.4 Å². The zero-order valence-corrected chi connectivity index (χ0v) is 15.2. The smallest absolute Gasteiger partial charge is 0.311 e. The highest BCUT2D eigenvalue weighted by atomic mass is 16.5. The zero-order chi connectivity index (χ0) is 18.6. The molecule has 138 valence electrons. The Hall–Kier alpha value is -2.88. The summed E-state index contributed by atoms with van der Waals surface area (Å²) in [6, 6.07) is 19.5. The van der Waals surface area contributed by atoms with Crippen LogP contribution >= 0.6 is 0 Å². The molecule has 4 rings (SSSR count). The quantitative estimate of drug-likeness (QED) is 0.658. The molecule has 0 spiro atoms. The van der Waals surface area contributed by atoms with Crippen molar-refractivity contribution < 1.29 is 14.6 Å². The normalized spacial score (nSPS) is 15.7. The van der Waals surface area contributed by atoms with Crippen molar-refractivity contribution in [2.24, 2.45) is 5.92 Å². The molecule has 1 aromatic heterocycles. The average Bonchev–Trinajstić information content (AvgIpc) is 3.21. The molecule has 3 aromatic rings. The number of aromatic nitrogens is 1. The van der Waals surface area contributed by atoms with Crippen LogP contribution in [0.1, 0.15) is 42.9 Å². The molecule has 0 aliphatic heterocycles. The van der Waals surface area contributed by atoms with Crippen LogP contribution in [-0.4, -0.2) is 16.1 Å². The third kappa shape index (κ3) is 3.95. The van der Waals surface area contributed by atoms with E-state index in [2.05, 4.69) is 4.98 Å². The van der Waals surface area contributed by atoms with Gasteiger partial charge in [-0.15, -0.1) is 0 Å². The van der Waals surface area contributed by atoms with E-state index in [-0.39, 0.29) is 5.92 Å². The van der Waals surface area contributed by atoms with Gasteiger partial charge in [0.05, 0.1) is 17.1 Å². The van der Waals surface area contributed by atoms with Gasteiger partial charge < -0.3 is 9.84 Å². The van der Waals surface area contributed by atoms with Crippen molar-refractivity contribution in [1.29, 1.82) is 0 Å². The first-order valence-corrected chi connectivity index (χ1v) is 9.51. The number of carbonyl (C=O) groups is 1. The second-order valence-corrected chi connectivity index (χ2v) is 7.21. The van der Waals surface area contributed by atoms with Crippen LogP contribution in [0.2, 0.25) is 0 Å². The molecule has 1 saturated carbocycles. The molecule has 0 bridgehead atoms. The minimum atomic E-state index is -0.726. The van der Waals surface area contributed by atoms with Gasteiger partial charge in [-0.1, -0.05) is 49.2 Å². The summed E-state index contributed by atoms with van der Waals surface area (Å²) in [4.78, 5) is 16.4. The Bertz CT molecular complexity index is 930. The molecule has 0 amide bonds. The van der Waals surface area contributed by atoms with E-state index in [0.29, 0.717) is 6.61 Å². The lowest BCUT2D eigenvalue weighted by Crippen LogP contribution is -2.19. The number of hydrogen-bond acceptors (Lipinski definition) is 3. The van der Waals surface area contributed by atoms with Gasteiger partial charge in [0.15, 0.2) is 0 Å². The van der Waals surface area contributed by atoms with Gasteiger partial charge in [-0.2, -0.15) is 0 Å². The van der Waals surface area contributed by atoms with Crippen molar-refractivity contribution in [2.45, 2.75) is 38.2 Å². The Labute approximate surface area is 158 Å². The Morgan fingerprint density at radius 2 is 1.78 bits per heavy atom. The summed E-state index contributed by atoms with van der Waals surface area (Å²) in [7, 11) is 0. The van der Waals surface area contributed by atoms with Crippen molar-refractivity contribution in [3.63, 3.8) is 0 Å². The van der Waals surface area contributed by atoms with Gasteiger partial charge in [-0.3, -0.25) is 4.79 Å². The third-order valence-electron chi connectivity index (χ3n) is 5.42. The highest BCUT2D eigenvalue weighted by Gasteiger charge is 2.31. The largest absolute Gasteiger partial charge is 0.487 e. The first-order valence-electron chi connectivity index (χ1n) is 9.51. The SMILES string of the molecule is O=C(O)[C@H](c1ccc(OCc2ccc3ccccc3n2)cc1)C1CCCC1. The van der Waals surface area contributed by atoms with Gasteiger partial charge in [0.2, 0.25) is 0 Å². The van der Waals surface area contributed by atoms with Gasteiger partial charge in [-0.05, 0) is 48.6 Å². The number of para-hydroxylation sites is 1. The van der Waals surface area contributed by atoms with Crippen LogP contribution in [0.4, 0.5) is 0 Å². The minimum absolute atomic E-state index is 0.246. The summed E-state index contributed by atoms with van der Waals surface area (Å²) in [5, 5.41) is 10.8. The molecule has 1 heterocycles. The summed E-state index contributed by atoms with van der Waals surface area (Å²) in [5.41, 5.74) is 2.69. The first-order chi connectivity index (χ1) is 13.2. The van der Waals surface area contributed by atoms with E-state index < -0.39 is 11.9 Å². The standard InChI is InChI=1S/C23H23NO3/c25-23(26)22(17-6-1-2-7-17)18-10-13-20(14-11-18)27-15-19-12-9-16-5-3-4-8-21(16)24-19/h3-5,8-14,17,22H,1-2,6-7,15H2,(H,25,26)/t22-/m0/s1. The fourth-order valence-electron chi connectivity index (χ4n) is 4.02. The Kier molecular flexibility index (Phi) is 5.05. The van der Waals surface area contributed by atoms with Gasteiger partial charge in [0.25, 0.3) is 0 Å². The van der Waals surface area contributed by atoms with Crippen LogP contribution in [0.5, 0.6) is 5.75 Å². The van der Waals surface area contributed by atoms with E-state index in [1.165, 1.54) is 0 Å². The molecule has 0 unspecified atom stereocenters. The van der Waals surface area contributed by atoms with Crippen LogP contribution in [0.25, 0.3) is 10.9 Å². The molecule has 4 nitrogen and oxygen atoms in total. The zero-order valence-electron chi connectivity index (χ0n) is 15.2. The van der Waals surface area contributed by atoms with Crippen LogP contribution in [0.15, 0.2) is 60.7 Å². The number of nitrogens with zero attached hydrogens (tertiary/aromatic N) is 1. The molecule has 0 radical (unpaired) electrons. The maximum Gasteiger partial charge on any atom is 0.311 e. The molecular formula is C23H23NO3. The number of ether oxygens (including phenoxy) is 1. The minimum Gasteiger partial charge on any atom is -0.487 e. The predicted molar refractivity (Wildman–Crippen MR) is 105 cm³/mol. The molecule has 2 aromatic carbocycles. The average molecular weight is 361 g/mol. The molecule has 1 fully saturated rings.